The summed E-state index contributed by atoms with van der Waals surface area (Å²) in [5.74, 6) is -1.04. The van der Waals surface area contributed by atoms with Gasteiger partial charge in [-0.3, -0.25) is 0 Å². The average molecular weight is 393 g/mol. The van der Waals surface area contributed by atoms with E-state index in [2.05, 4.69) is 10.1 Å². The fourth-order valence-electron chi connectivity index (χ4n) is 3.02. The van der Waals surface area contributed by atoms with Crippen molar-refractivity contribution in [2.45, 2.75) is 0 Å². The molecule has 1 fully saturated rings. The number of halogens is 2. The van der Waals surface area contributed by atoms with Crippen molar-refractivity contribution in [3.8, 4) is 11.3 Å². The Kier molecular flexibility index (Phi) is 4.44. The summed E-state index contributed by atoms with van der Waals surface area (Å²) in [5, 5.41) is 14.8. The molecule has 2 aromatic heterocycles. The first-order chi connectivity index (χ1) is 12.5. The van der Waals surface area contributed by atoms with E-state index in [1.807, 2.05) is 4.90 Å². The van der Waals surface area contributed by atoms with Gasteiger partial charge >= 0.3 is 5.97 Å². The van der Waals surface area contributed by atoms with Crippen molar-refractivity contribution in [1.29, 1.82) is 0 Å². The molecular weight excluding hydrogens is 379 g/mol. The quantitative estimate of drug-likeness (QED) is 0.736. The highest BCUT2D eigenvalue weighted by Crippen LogP contribution is 2.31. The Bertz CT molecular complexity index is 979. The van der Waals surface area contributed by atoms with Gasteiger partial charge in [0.2, 0.25) is 0 Å². The number of carbonyl (C=O) groups is 1. The molecule has 26 heavy (non-hydrogen) atoms. The predicted octanol–water partition coefficient (Wildman–Crippen LogP) is 3.24. The highest BCUT2D eigenvalue weighted by molar-refractivity contribution is 6.35. The smallest absolute Gasteiger partial charge is 0.339 e. The zero-order valence-electron chi connectivity index (χ0n) is 13.5. The molecule has 0 aliphatic carbocycles. The minimum atomic E-state index is -1.04. The molecule has 0 atom stereocenters. The number of hydrogen-bond acceptors (Lipinski definition) is 5. The van der Waals surface area contributed by atoms with Gasteiger partial charge in [-0.25, -0.2) is 14.3 Å². The molecule has 3 heterocycles. The number of anilines is 1. The second kappa shape index (κ2) is 6.75. The molecule has 1 saturated heterocycles. The topological polar surface area (TPSA) is 80.0 Å². The molecule has 1 aliphatic rings. The molecule has 0 unspecified atom stereocenters. The monoisotopic (exact) mass is 392 g/mol. The molecule has 7 nitrogen and oxygen atoms in total. The SMILES string of the molecule is O=C(O)c1cnn2cc(-c3cc(Cl)cc(Cl)c3)nc2c1N1CCOCC1. The normalized spacial score (nSPS) is 14.8. The number of carboxylic acids is 1. The number of imidazole rings is 1. The average Bonchev–Trinajstić information content (AvgIpc) is 3.05. The van der Waals surface area contributed by atoms with E-state index in [0.717, 1.165) is 5.56 Å². The lowest BCUT2D eigenvalue weighted by molar-refractivity contribution is 0.0695. The minimum absolute atomic E-state index is 0.112. The van der Waals surface area contributed by atoms with Crippen LogP contribution in [0.25, 0.3) is 16.9 Å². The summed E-state index contributed by atoms with van der Waals surface area (Å²) in [7, 11) is 0. The summed E-state index contributed by atoms with van der Waals surface area (Å²) < 4.78 is 6.94. The van der Waals surface area contributed by atoms with Gasteiger partial charge in [-0.1, -0.05) is 23.2 Å². The molecule has 0 radical (unpaired) electrons. The van der Waals surface area contributed by atoms with Crippen LogP contribution in [0.4, 0.5) is 5.69 Å². The van der Waals surface area contributed by atoms with E-state index < -0.39 is 5.97 Å². The largest absolute Gasteiger partial charge is 0.478 e. The number of hydrogen-bond donors (Lipinski definition) is 1. The Morgan fingerprint density at radius 3 is 2.50 bits per heavy atom. The molecule has 0 saturated carbocycles. The first-order valence-electron chi connectivity index (χ1n) is 7.94. The molecule has 1 aromatic carbocycles. The van der Waals surface area contributed by atoms with Crippen LogP contribution in [-0.4, -0.2) is 52.0 Å². The van der Waals surface area contributed by atoms with Crippen molar-refractivity contribution in [2.75, 3.05) is 31.2 Å². The van der Waals surface area contributed by atoms with E-state index in [0.29, 0.717) is 53.4 Å². The summed E-state index contributed by atoms with van der Waals surface area (Å²) in [6, 6.07) is 5.14. The highest BCUT2D eigenvalue weighted by atomic mass is 35.5. The molecule has 1 N–H and O–H groups in total. The first-order valence-corrected chi connectivity index (χ1v) is 8.69. The Morgan fingerprint density at radius 1 is 1.15 bits per heavy atom. The van der Waals surface area contributed by atoms with E-state index >= 15 is 0 Å². The van der Waals surface area contributed by atoms with Crippen molar-refractivity contribution in [3.63, 3.8) is 0 Å². The van der Waals surface area contributed by atoms with Gasteiger partial charge in [0, 0.05) is 28.7 Å². The predicted molar refractivity (Wildman–Crippen MR) is 98.4 cm³/mol. The van der Waals surface area contributed by atoms with Gasteiger partial charge < -0.3 is 14.7 Å². The Balaban J connectivity index is 1.90. The standard InChI is InChI=1S/C17H14Cl2N4O3/c18-11-5-10(6-12(19)7-11)14-9-23-16(21-14)15(13(8-20-23)17(24)25)22-1-3-26-4-2-22/h5-9H,1-4H2,(H,24,25). The van der Waals surface area contributed by atoms with Crippen LogP contribution in [0, 0.1) is 0 Å². The number of aromatic nitrogens is 3. The Hall–Kier alpha value is -2.35. The van der Waals surface area contributed by atoms with Crippen LogP contribution in [0.1, 0.15) is 10.4 Å². The maximum absolute atomic E-state index is 11.7. The third kappa shape index (κ3) is 3.09. The maximum atomic E-state index is 11.7. The molecule has 0 spiro atoms. The lowest BCUT2D eigenvalue weighted by Crippen LogP contribution is -2.37. The summed E-state index contributed by atoms with van der Waals surface area (Å²) in [6.45, 7) is 2.24. The molecule has 0 bridgehead atoms. The third-order valence-electron chi connectivity index (χ3n) is 4.18. The van der Waals surface area contributed by atoms with E-state index in [4.69, 9.17) is 27.9 Å². The van der Waals surface area contributed by atoms with Gasteiger partial charge in [-0.2, -0.15) is 5.10 Å². The number of carboxylic acid groups (broad SMARTS) is 1. The van der Waals surface area contributed by atoms with Crippen LogP contribution in [0.3, 0.4) is 0 Å². The van der Waals surface area contributed by atoms with Gasteiger partial charge in [0.05, 0.1) is 37.0 Å². The van der Waals surface area contributed by atoms with Gasteiger partial charge in [0.25, 0.3) is 0 Å². The minimum Gasteiger partial charge on any atom is -0.478 e. The molecule has 9 heteroatoms. The number of nitrogens with zero attached hydrogens (tertiary/aromatic N) is 4. The van der Waals surface area contributed by atoms with E-state index in [1.165, 1.54) is 6.20 Å². The van der Waals surface area contributed by atoms with Crippen LogP contribution < -0.4 is 4.90 Å². The molecular formula is C17H14Cl2N4O3. The van der Waals surface area contributed by atoms with Crippen LogP contribution in [-0.2, 0) is 4.74 Å². The highest BCUT2D eigenvalue weighted by Gasteiger charge is 2.24. The molecule has 4 rings (SSSR count). The maximum Gasteiger partial charge on any atom is 0.339 e. The van der Waals surface area contributed by atoms with Gasteiger partial charge in [-0.05, 0) is 18.2 Å². The third-order valence-corrected chi connectivity index (χ3v) is 4.62. The van der Waals surface area contributed by atoms with E-state index in [9.17, 15) is 9.90 Å². The van der Waals surface area contributed by atoms with Gasteiger partial charge in [-0.15, -0.1) is 0 Å². The Labute approximate surface area is 158 Å². The lowest BCUT2D eigenvalue weighted by atomic mass is 10.2. The molecule has 0 amide bonds. The summed E-state index contributed by atoms with van der Waals surface area (Å²) in [4.78, 5) is 18.3. The van der Waals surface area contributed by atoms with Gasteiger partial charge in [0.1, 0.15) is 5.56 Å². The van der Waals surface area contributed by atoms with Gasteiger partial charge in [0.15, 0.2) is 5.65 Å². The summed E-state index contributed by atoms with van der Waals surface area (Å²) >= 11 is 12.2. The number of fused-ring (bicyclic) bond motifs is 1. The van der Waals surface area contributed by atoms with Crippen molar-refractivity contribution >= 4 is 40.5 Å². The summed E-state index contributed by atoms with van der Waals surface area (Å²) in [5.41, 5.74) is 2.46. The molecule has 3 aromatic rings. The number of aromatic carboxylic acids is 1. The zero-order valence-corrected chi connectivity index (χ0v) is 15.0. The number of ether oxygens (including phenoxy) is 1. The Morgan fingerprint density at radius 2 is 1.85 bits per heavy atom. The van der Waals surface area contributed by atoms with Crippen molar-refractivity contribution in [3.05, 3.63) is 46.2 Å². The van der Waals surface area contributed by atoms with Crippen molar-refractivity contribution in [1.82, 2.24) is 14.6 Å². The fraction of sp³-hybridized carbons (Fsp3) is 0.235. The van der Waals surface area contributed by atoms with E-state index in [-0.39, 0.29) is 5.56 Å². The first kappa shape index (κ1) is 17.1. The second-order valence-electron chi connectivity index (χ2n) is 5.86. The lowest BCUT2D eigenvalue weighted by Gasteiger charge is -2.29. The van der Waals surface area contributed by atoms with Crippen LogP contribution in [0.2, 0.25) is 10.0 Å². The number of benzene rings is 1. The number of rotatable bonds is 3. The van der Waals surface area contributed by atoms with Crippen LogP contribution in [0.5, 0.6) is 0 Å². The molecule has 1 aliphatic heterocycles. The van der Waals surface area contributed by atoms with Crippen LogP contribution in [0.15, 0.2) is 30.6 Å². The second-order valence-corrected chi connectivity index (χ2v) is 6.74. The van der Waals surface area contributed by atoms with Crippen molar-refractivity contribution in [2.24, 2.45) is 0 Å². The number of morpholine rings is 1. The fourth-order valence-corrected chi connectivity index (χ4v) is 3.54. The summed E-state index contributed by atoms with van der Waals surface area (Å²) in [6.07, 6.45) is 3.07. The zero-order chi connectivity index (χ0) is 18.3. The van der Waals surface area contributed by atoms with E-state index in [1.54, 1.807) is 28.9 Å². The van der Waals surface area contributed by atoms with Crippen LogP contribution >= 0.6 is 23.2 Å². The van der Waals surface area contributed by atoms with Crippen molar-refractivity contribution < 1.29 is 14.6 Å². The molecule has 134 valence electrons.